The molecule has 0 spiro atoms. The van der Waals surface area contributed by atoms with E-state index in [0.29, 0.717) is 0 Å². The van der Waals surface area contributed by atoms with Crippen LogP contribution < -0.4 is 5.73 Å². The molecule has 53 valence electrons. The minimum absolute atomic E-state index is 0.835. The molecular formula is C6H3I3N. The Balaban J connectivity index is 3.31. The van der Waals surface area contributed by atoms with Gasteiger partial charge in [0.1, 0.15) is 0 Å². The van der Waals surface area contributed by atoms with Crippen molar-refractivity contribution in [2.24, 2.45) is 0 Å². The second kappa shape index (κ2) is 3.74. The molecule has 1 rings (SSSR count). The summed E-state index contributed by atoms with van der Waals surface area (Å²) in [6, 6.07) is 5.14. The molecule has 2 N–H and O–H groups in total. The monoisotopic (exact) mass is 470 g/mol. The lowest BCUT2D eigenvalue weighted by Gasteiger charge is -2.00. The van der Waals surface area contributed by atoms with E-state index in [2.05, 4.69) is 73.8 Å². The number of hydrogen-bond donors (Lipinski definition) is 1. The summed E-state index contributed by atoms with van der Waals surface area (Å²) in [5.74, 6) is 0. The van der Waals surface area contributed by atoms with Gasteiger partial charge in [0.15, 0.2) is 0 Å². The Morgan fingerprint density at radius 3 is 2.40 bits per heavy atom. The summed E-state index contributed by atoms with van der Waals surface area (Å²) >= 11 is 6.63. The molecule has 4 heteroatoms. The molecule has 0 aromatic heterocycles. The highest BCUT2D eigenvalue weighted by Gasteiger charge is 2.01. The van der Waals surface area contributed by atoms with Gasteiger partial charge in [-0.2, -0.15) is 0 Å². The van der Waals surface area contributed by atoms with Crippen LogP contribution in [0.4, 0.5) is 5.69 Å². The van der Waals surface area contributed by atoms with Crippen molar-refractivity contribution >= 4 is 73.5 Å². The molecule has 0 heterocycles. The number of nitrogens with two attached hydrogens (primary N) is 1. The van der Waals surface area contributed by atoms with E-state index in [1.54, 1.807) is 0 Å². The lowest BCUT2D eigenvalue weighted by molar-refractivity contribution is 1.52. The van der Waals surface area contributed by atoms with Crippen LogP contribution in [0, 0.1) is 16.8 Å². The van der Waals surface area contributed by atoms with Crippen LogP contribution in [-0.4, -0.2) is 0 Å². The largest absolute Gasteiger partial charge is 0.397 e. The van der Waals surface area contributed by atoms with Crippen LogP contribution in [0.25, 0.3) is 0 Å². The van der Waals surface area contributed by atoms with Crippen LogP contribution in [0.15, 0.2) is 6.07 Å². The molecule has 0 fully saturated rings. The standard InChI is InChI=1S/C6H3I3N/c7-3-1-4(8)6(10)5(9)2-3/h1H,10H2. The van der Waals surface area contributed by atoms with Crippen molar-refractivity contribution in [2.45, 2.75) is 0 Å². The minimum Gasteiger partial charge on any atom is -0.397 e. The molecule has 0 aliphatic carbocycles. The molecule has 1 nitrogen and oxygen atoms in total. The lowest BCUT2D eigenvalue weighted by Crippen LogP contribution is -1.93. The maximum Gasteiger partial charge on any atom is 0.0592 e. The second-order valence-electron chi connectivity index (χ2n) is 1.69. The van der Waals surface area contributed by atoms with Gasteiger partial charge in [-0.15, -0.1) is 0 Å². The minimum atomic E-state index is 0.835. The Morgan fingerprint density at radius 2 is 1.90 bits per heavy atom. The fraction of sp³-hybridized carbons (Fsp3) is 0. The van der Waals surface area contributed by atoms with E-state index >= 15 is 0 Å². The van der Waals surface area contributed by atoms with Crippen LogP contribution in [0.5, 0.6) is 0 Å². The summed E-state index contributed by atoms with van der Waals surface area (Å²) < 4.78 is 3.22. The molecule has 0 aliphatic heterocycles. The van der Waals surface area contributed by atoms with Gasteiger partial charge < -0.3 is 5.73 Å². The van der Waals surface area contributed by atoms with Crippen molar-refractivity contribution in [1.29, 1.82) is 0 Å². The van der Waals surface area contributed by atoms with Gasteiger partial charge >= 0.3 is 0 Å². The summed E-state index contributed by atoms with van der Waals surface area (Å²) in [4.78, 5) is 0. The molecule has 0 saturated carbocycles. The third kappa shape index (κ3) is 2.10. The number of benzene rings is 1. The molecule has 0 saturated heterocycles. The first kappa shape index (κ1) is 9.30. The van der Waals surface area contributed by atoms with Crippen molar-refractivity contribution in [2.75, 3.05) is 5.73 Å². The summed E-state index contributed by atoms with van der Waals surface area (Å²) in [6.07, 6.45) is 0. The Bertz CT molecular complexity index is 236. The highest BCUT2D eigenvalue weighted by Crippen LogP contribution is 2.23. The summed E-state index contributed by atoms with van der Waals surface area (Å²) in [7, 11) is 0. The SMILES string of the molecule is Nc1c(I)[c]c(I)cc1I. The van der Waals surface area contributed by atoms with Gasteiger partial charge in [0.25, 0.3) is 0 Å². The maximum absolute atomic E-state index is 5.70. The molecule has 0 bridgehead atoms. The third-order valence-corrected chi connectivity index (χ3v) is 3.30. The van der Waals surface area contributed by atoms with Crippen molar-refractivity contribution < 1.29 is 0 Å². The van der Waals surface area contributed by atoms with Gasteiger partial charge in [-0.3, -0.25) is 0 Å². The average Bonchev–Trinajstić information content (AvgIpc) is 1.82. The Kier molecular flexibility index (Phi) is 3.48. The molecule has 0 unspecified atom stereocenters. The molecule has 0 atom stereocenters. The van der Waals surface area contributed by atoms with Crippen molar-refractivity contribution in [3.05, 3.63) is 22.8 Å². The smallest absolute Gasteiger partial charge is 0.0592 e. The van der Waals surface area contributed by atoms with E-state index in [1.165, 1.54) is 0 Å². The topological polar surface area (TPSA) is 26.0 Å². The fourth-order valence-corrected chi connectivity index (χ4v) is 3.87. The van der Waals surface area contributed by atoms with E-state index in [4.69, 9.17) is 5.73 Å². The van der Waals surface area contributed by atoms with Crippen LogP contribution in [0.1, 0.15) is 0 Å². The van der Waals surface area contributed by atoms with E-state index in [1.807, 2.05) is 6.07 Å². The zero-order valence-corrected chi connectivity index (χ0v) is 11.3. The van der Waals surface area contributed by atoms with E-state index < -0.39 is 0 Å². The normalized spacial score (nSPS) is 9.90. The van der Waals surface area contributed by atoms with E-state index in [9.17, 15) is 0 Å². The Morgan fingerprint density at radius 1 is 1.30 bits per heavy atom. The van der Waals surface area contributed by atoms with Crippen LogP contribution in [-0.2, 0) is 0 Å². The first-order valence-electron chi connectivity index (χ1n) is 2.43. The molecular weight excluding hydrogens is 467 g/mol. The lowest BCUT2D eigenvalue weighted by atomic mass is 10.3. The van der Waals surface area contributed by atoms with Crippen molar-refractivity contribution in [3.8, 4) is 0 Å². The Labute approximate surface area is 101 Å². The van der Waals surface area contributed by atoms with Gasteiger partial charge in [0, 0.05) is 16.8 Å². The van der Waals surface area contributed by atoms with Crippen molar-refractivity contribution in [1.82, 2.24) is 0 Å². The zero-order chi connectivity index (χ0) is 7.72. The first-order valence-corrected chi connectivity index (χ1v) is 5.67. The molecule has 10 heavy (non-hydrogen) atoms. The van der Waals surface area contributed by atoms with Crippen molar-refractivity contribution in [3.63, 3.8) is 0 Å². The highest BCUT2D eigenvalue weighted by molar-refractivity contribution is 14.1. The van der Waals surface area contributed by atoms with Gasteiger partial charge in [-0.1, -0.05) is 0 Å². The maximum atomic E-state index is 5.70. The highest BCUT2D eigenvalue weighted by atomic mass is 127. The van der Waals surface area contributed by atoms with Crippen LogP contribution >= 0.6 is 67.8 Å². The molecule has 1 aromatic rings. The second-order valence-corrected chi connectivity index (χ2v) is 5.10. The predicted octanol–water partition coefficient (Wildman–Crippen LogP) is 2.88. The summed E-state index contributed by atoms with van der Waals surface area (Å²) in [5.41, 5.74) is 6.54. The summed E-state index contributed by atoms with van der Waals surface area (Å²) in [6.45, 7) is 0. The van der Waals surface area contributed by atoms with Crippen LogP contribution in [0.2, 0.25) is 0 Å². The number of rotatable bonds is 0. The van der Waals surface area contributed by atoms with E-state index in [0.717, 1.165) is 16.4 Å². The Hall–Kier alpha value is 1.21. The quantitative estimate of drug-likeness (QED) is 0.459. The van der Waals surface area contributed by atoms with E-state index in [-0.39, 0.29) is 0 Å². The zero-order valence-electron chi connectivity index (χ0n) is 4.79. The molecule has 0 amide bonds. The number of nitrogen functional groups attached to an aromatic ring is 1. The molecule has 0 aliphatic rings. The molecule has 1 aromatic carbocycles. The number of anilines is 1. The first-order chi connectivity index (χ1) is 4.61. The molecule has 1 radical (unpaired) electrons. The predicted molar refractivity (Wildman–Crippen MR) is 67.8 cm³/mol. The third-order valence-electron chi connectivity index (χ3n) is 0.976. The average molecular weight is 470 g/mol. The number of hydrogen-bond acceptors (Lipinski definition) is 1. The van der Waals surface area contributed by atoms with Gasteiger partial charge in [0.05, 0.1) is 5.69 Å². The fourth-order valence-electron chi connectivity index (χ4n) is 0.502. The number of halogens is 3. The van der Waals surface area contributed by atoms with Gasteiger partial charge in [0.2, 0.25) is 0 Å². The van der Waals surface area contributed by atoms with Gasteiger partial charge in [-0.05, 0) is 73.8 Å². The summed E-state index contributed by atoms with van der Waals surface area (Å²) in [5, 5.41) is 0. The van der Waals surface area contributed by atoms with Crippen LogP contribution in [0.3, 0.4) is 0 Å². The van der Waals surface area contributed by atoms with Gasteiger partial charge in [-0.25, -0.2) is 0 Å².